The van der Waals surface area contributed by atoms with Gasteiger partial charge in [0.2, 0.25) is 0 Å². The Kier molecular flexibility index (Phi) is 4.08. The largest absolute Gasteiger partial charge is 0.481 e. The van der Waals surface area contributed by atoms with Crippen LogP contribution < -0.4 is 5.32 Å². The van der Waals surface area contributed by atoms with Gasteiger partial charge in [0, 0.05) is 19.8 Å². The Labute approximate surface area is 116 Å². The summed E-state index contributed by atoms with van der Waals surface area (Å²) in [5.41, 5.74) is -0.0821. The highest BCUT2D eigenvalue weighted by atomic mass is 16.5. The number of hydrogen-bond donors (Lipinski definition) is 2. The van der Waals surface area contributed by atoms with Crippen LogP contribution in [0.25, 0.3) is 0 Å². The van der Waals surface area contributed by atoms with Crippen LogP contribution in [0, 0.1) is 19.3 Å². The van der Waals surface area contributed by atoms with Gasteiger partial charge in [0.05, 0.1) is 11.1 Å². The fraction of sp³-hybridized carbons (Fsp3) is 0.615. The smallest absolute Gasteiger partial charge is 0.311 e. The number of ether oxygens (including phenoxy) is 1. The number of carbonyl (C=O) groups excluding carboxylic acids is 1. The van der Waals surface area contributed by atoms with Crippen molar-refractivity contribution in [1.29, 1.82) is 0 Å². The molecule has 7 nitrogen and oxygen atoms in total. The van der Waals surface area contributed by atoms with Gasteiger partial charge in [-0.1, -0.05) is 5.16 Å². The minimum Gasteiger partial charge on any atom is -0.481 e. The van der Waals surface area contributed by atoms with Gasteiger partial charge in [-0.25, -0.2) is 0 Å². The van der Waals surface area contributed by atoms with Gasteiger partial charge < -0.3 is 19.7 Å². The van der Waals surface area contributed by atoms with Crippen molar-refractivity contribution in [2.45, 2.75) is 26.7 Å². The number of amides is 1. The fourth-order valence-electron chi connectivity index (χ4n) is 2.37. The summed E-state index contributed by atoms with van der Waals surface area (Å²) in [6.45, 7) is 4.19. The quantitative estimate of drug-likeness (QED) is 0.850. The number of aliphatic carboxylic acids is 1. The molecule has 0 aliphatic carbocycles. The highest BCUT2D eigenvalue weighted by Crippen LogP contribution is 2.30. The molecule has 0 saturated carbocycles. The lowest BCUT2D eigenvalue weighted by atomic mass is 9.80. The van der Waals surface area contributed by atoms with Gasteiger partial charge in [-0.05, 0) is 26.7 Å². The summed E-state index contributed by atoms with van der Waals surface area (Å²) in [7, 11) is 0. The molecule has 1 aromatic rings. The van der Waals surface area contributed by atoms with Crippen molar-refractivity contribution in [3.8, 4) is 0 Å². The number of carbonyl (C=O) groups is 2. The fourth-order valence-corrected chi connectivity index (χ4v) is 2.37. The first-order valence-electron chi connectivity index (χ1n) is 6.48. The predicted octanol–water partition coefficient (Wildman–Crippen LogP) is 0.903. The van der Waals surface area contributed by atoms with Crippen LogP contribution in [-0.4, -0.2) is 41.9 Å². The first-order chi connectivity index (χ1) is 9.46. The normalized spacial score (nSPS) is 17.7. The molecular weight excluding hydrogens is 264 g/mol. The molecule has 1 saturated heterocycles. The van der Waals surface area contributed by atoms with Gasteiger partial charge in [0.25, 0.3) is 5.91 Å². The van der Waals surface area contributed by atoms with E-state index in [1.807, 2.05) is 0 Å². The van der Waals surface area contributed by atoms with Crippen LogP contribution in [0.15, 0.2) is 4.52 Å². The minimum absolute atomic E-state index is 0.0780. The highest BCUT2D eigenvalue weighted by Gasteiger charge is 2.40. The zero-order chi connectivity index (χ0) is 14.8. The van der Waals surface area contributed by atoms with Crippen molar-refractivity contribution in [3.63, 3.8) is 0 Å². The third-order valence-electron chi connectivity index (χ3n) is 3.75. The highest BCUT2D eigenvalue weighted by molar-refractivity contribution is 5.96. The van der Waals surface area contributed by atoms with Crippen LogP contribution in [0.5, 0.6) is 0 Å². The van der Waals surface area contributed by atoms with Crippen LogP contribution in [0.4, 0.5) is 0 Å². The molecule has 0 bridgehead atoms. The molecule has 2 N–H and O–H groups in total. The number of hydrogen-bond acceptors (Lipinski definition) is 5. The summed E-state index contributed by atoms with van der Waals surface area (Å²) in [5, 5.41) is 15.8. The molecule has 110 valence electrons. The number of carboxylic acids is 1. The Morgan fingerprint density at radius 3 is 2.50 bits per heavy atom. The first kappa shape index (κ1) is 14.5. The summed E-state index contributed by atoms with van der Waals surface area (Å²) in [4.78, 5) is 23.6. The molecule has 1 aromatic heterocycles. The molecule has 1 aliphatic rings. The van der Waals surface area contributed by atoms with E-state index in [1.165, 1.54) is 0 Å². The van der Waals surface area contributed by atoms with Gasteiger partial charge in [-0.2, -0.15) is 0 Å². The van der Waals surface area contributed by atoms with E-state index in [1.54, 1.807) is 13.8 Å². The second kappa shape index (κ2) is 5.62. The molecule has 1 aliphatic heterocycles. The molecule has 0 spiro atoms. The van der Waals surface area contributed by atoms with Crippen molar-refractivity contribution in [2.75, 3.05) is 19.8 Å². The standard InChI is InChI=1S/C13H18N2O5/c1-8-10(9(2)20-15-8)11(16)14-7-13(12(17)18)3-5-19-6-4-13/h3-7H2,1-2H3,(H,14,16)(H,17,18). The molecule has 0 aromatic carbocycles. The number of nitrogens with zero attached hydrogens (tertiary/aromatic N) is 1. The maximum Gasteiger partial charge on any atom is 0.311 e. The maximum absolute atomic E-state index is 12.1. The lowest BCUT2D eigenvalue weighted by Crippen LogP contribution is -2.46. The van der Waals surface area contributed by atoms with Crippen LogP contribution >= 0.6 is 0 Å². The number of aromatic nitrogens is 1. The summed E-state index contributed by atoms with van der Waals surface area (Å²) < 4.78 is 10.1. The summed E-state index contributed by atoms with van der Waals surface area (Å²) in [5.74, 6) is -0.829. The Morgan fingerprint density at radius 2 is 2.00 bits per heavy atom. The van der Waals surface area contributed by atoms with E-state index in [0.29, 0.717) is 43.1 Å². The van der Waals surface area contributed by atoms with E-state index in [2.05, 4.69) is 10.5 Å². The van der Waals surface area contributed by atoms with Crippen LogP contribution in [-0.2, 0) is 9.53 Å². The monoisotopic (exact) mass is 282 g/mol. The summed E-state index contributed by atoms with van der Waals surface area (Å²) in [6.07, 6.45) is 0.786. The van der Waals surface area contributed by atoms with Crippen LogP contribution in [0.1, 0.15) is 34.7 Å². The van der Waals surface area contributed by atoms with Crippen molar-refractivity contribution >= 4 is 11.9 Å². The van der Waals surface area contributed by atoms with Gasteiger partial charge in [-0.3, -0.25) is 9.59 Å². The van der Waals surface area contributed by atoms with E-state index in [4.69, 9.17) is 9.26 Å². The SMILES string of the molecule is Cc1noc(C)c1C(=O)NCC1(C(=O)O)CCOCC1. The molecule has 2 heterocycles. The van der Waals surface area contributed by atoms with Crippen molar-refractivity contribution in [2.24, 2.45) is 5.41 Å². The number of aryl methyl sites for hydroxylation is 2. The zero-order valence-corrected chi connectivity index (χ0v) is 11.6. The number of rotatable bonds is 4. The Morgan fingerprint density at radius 1 is 1.35 bits per heavy atom. The molecule has 1 fully saturated rings. The number of nitrogens with one attached hydrogen (secondary N) is 1. The van der Waals surface area contributed by atoms with E-state index < -0.39 is 11.4 Å². The third-order valence-corrected chi connectivity index (χ3v) is 3.75. The molecule has 0 radical (unpaired) electrons. The molecule has 20 heavy (non-hydrogen) atoms. The molecule has 0 atom stereocenters. The minimum atomic E-state index is -0.952. The van der Waals surface area contributed by atoms with Gasteiger partial charge in [0.1, 0.15) is 11.3 Å². The van der Waals surface area contributed by atoms with Gasteiger partial charge in [-0.15, -0.1) is 0 Å². The second-order valence-electron chi connectivity index (χ2n) is 5.08. The zero-order valence-electron chi connectivity index (χ0n) is 11.6. The van der Waals surface area contributed by atoms with Crippen molar-refractivity contribution < 1.29 is 24.0 Å². The molecule has 1 amide bonds. The van der Waals surface area contributed by atoms with E-state index in [0.717, 1.165) is 0 Å². The maximum atomic E-state index is 12.1. The lowest BCUT2D eigenvalue weighted by Gasteiger charge is -2.33. The van der Waals surface area contributed by atoms with Crippen LogP contribution in [0.3, 0.4) is 0 Å². The average Bonchev–Trinajstić information content (AvgIpc) is 2.76. The van der Waals surface area contributed by atoms with Gasteiger partial charge >= 0.3 is 5.97 Å². The van der Waals surface area contributed by atoms with Crippen molar-refractivity contribution in [1.82, 2.24) is 10.5 Å². The average molecular weight is 282 g/mol. The van der Waals surface area contributed by atoms with Crippen molar-refractivity contribution in [3.05, 3.63) is 17.0 Å². The number of carboxylic acid groups (broad SMARTS) is 1. The third kappa shape index (κ3) is 2.67. The second-order valence-corrected chi connectivity index (χ2v) is 5.08. The topological polar surface area (TPSA) is 102 Å². The molecule has 7 heteroatoms. The Balaban J connectivity index is 2.06. The summed E-state index contributed by atoms with van der Waals surface area (Å²) >= 11 is 0. The lowest BCUT2D eigenvalue weighted by molar-refractivity contribution is -0.154. The molecule has 2 rings (SSSR count). The van der Waals surface area contributed by atoms with E-state index >= 15 is 0 Å². The summed E-state index contributed by atoms with van der Waals surface area (Å²) in [6, 6.07) is 0. The van der Waals surface area contributed by atoms with E-state index in [9.17, 15) is 14.7 Å². The van der Waals surface area contributed by atoms with Crippen LogP contribution in [0.2, 0.25) is 0 Å². The Bertz CT molecular complexity index is 497. The van der Waals surface area contributed by atoms with E-state index in [-0.39, 0.29) is 12.5 Å². The molecular formula is C13H18N2O5. The van der Waals surface area contributed by atoms with Gasteiger partial charge in [0.15, 0.2) is 0 Å². The predicted molar refractivity (Wildman–Crippen MR) is 68.4 cm³/mol. The molecule has 0 unspecified atom stereocenters. The first-order valence-corrected chi connectivity index (χ1v) is 6.48. The Hall–Kier alpha value is -1.89.